The number of rotatable bonds is 1. The Hall–Kier alpha value is -0.180. The highest BCUT2D eigenvalue weighted by atomic mass is 31.0. The second-order valence-electron chi connectivity index (χ2n) is 4.96. The second kappa shape index (κ2) is 5.44. The van der Waals surface area contributed by atoms with Gasteiger partial charge in [-0.25, -0.2) is 0 Å². The Labute approximate surface area is 100 Å². The topological polar surface area (TPSA) is 26.8 Å². The minimum Gasteiger partial charge on any atom is -0.340 e. The normalized spacial score (nSPS) is 29.4. The summed E-state index contributed by atoms with van der Waals surface area (Å²) in [5, 5.41) is 0. The van der Waals surface area contributed by atoms with E-state index in [1.54, 1.807) is 0 Å². The molecule has 4 nitrogen and oxygen atoms in total. The fraction of sp³-hybridized carbons (Fsp3) is 0.909. The molecule has 2 heterocycles. The number of carbonyl (C=O) groups is 1. The van der Waals surface area contributed by atoms with Crippen LogP contribution in [-0.2, 0) is 4.79 Å². The molecule has 2 fully saturated rings. The number of piperidine rings is 1. The summed E-state index contributed by atoms with van der Waals surface area (Å²) in [5.74, 6) is 0.606. The molecule has 0 N–H and O–H groups in total. The zero-order chi connectivity index (χ0) is 11.5. The standard InChI is InChI=1S/C11H22N3OP/c1-12-5-7-13(8-6-12)11(15)10-3-2-4-14(16)9-10/h10H,2-9,16H2,1H3. The van der Waals surface area contributed by atoms with Gasteiger partial charge in [0.1, 0.15) is 0 Å². The van der Waals surface area contributed by atoms with Crippen molar-refractivity contribution < 1.29 is 4.79 Å². The van der Waals surface area contributed by atoms with Crippen molar-refractivity contribution in [3.05, 3.63) is 0 Å². The molecule has 2 atom stereocenters. The van der Waals surface area contributed by atoms with Crippen LogP contribution in [0, 0.1) is 5.92 Å². The molecule has 2 saturated heterocycles. The van der Waals surface area contributed by atoms with Gasteiger partial charge in [-0.15, -0.1) is 0 Å². The Balaban J connectivity index is 1.86. The summed E-state index contributed by atoms with van der Waals surface area (Å²) in [6.07, 6.45) is 2.21. The lowest BCUT2D eigenvalue weighted by molar-refractivity contribution is -0.138. The molecule has 2 rings (SSSR count). The lowest BCUT2D eigenvalue weighted by atomic mass is 9.98. The predicted octanol–water partition coefficient (Wildman–Crippen LogP) is 0.262. The number of piperazine rings is 1. The number of amides is 1. The maximum atomic E-state index is 12.3. The molecule has 0 aromatic heterocycles. The Morgan fingerprint density at radius 1 is 1.19 bits per heavy atom. The first kappa shape index (κ1) is 12.3. The molecule has 0 spiro atoms. The summed E-state index contributed by atoms with van der Waals surface area (Å²) < 4.78 is 2.20. The van der Waals surface area contributed by atoms with Gasteiger partial charge in [0.05, 0.1) is 5.92 Å². The molecule has 92 valence electrons. The first-order valence-electron chi connectivity index (χ1n) is 6.14. The van der Waals surface area contributed by atoms with Crippen LogP contribution in [-0.4, -0.2) is 66.7 Å². The van der Waals surface area contributed by atoms with E-state index >= 15 is 0 Å². The molecule has 16 heavy (non-hydrogen) atoms. The van der Waals surface area contributed by atoms with E-state index in [4.69, 9.17) is 0 Å². The molecule has 2 aliphatic rings. The van der Waals surface area contributed by atoms with Gasteiger partial charge in [-0.3, -0.25) is 9.46 Å². The van der Waals surface area contributed by atoms with E-state index in [9.17, 15) is 4.79 Å². The Morgan fingerprint density at radius 3 is 2.50 bits per heavy atom. The minimum atomic E-state index is 0.231. The van der Waals surface area contributed by atoms with Crippen molar-refractivity contribution in [2.45, 2.75) is 12.8 Å². The van der Waals surface area contributed by atoms with Crippen molar-refractivity contribution in [1.82, 2.24) is 14.5 Å². The summed E-state index contributed by atoms with van der Waals surface area (Å²) in [6.45, 7) is 5.87. The van der Waals surface area contributed by atoms with E-state index in [1.807, 2.05) is 0 Å². The number of nitrogens with zero attached hydrogens (tertiary/aromatic N) is 3. The molecule has 0 radical (unpaired) electrons. The third-order valence-corrected chi connectivity index (χ3v) is 4.09. The van der Waals surface area contributed by atoms with Gasteiger partial charge in [0.2, 0.25) is 5.91 Å². The molecule has 5 heteroatoms. The second-order valence-corrected chi connectivity index (χ2v) is 5.69. The highest BCUT2D eigenvalue weighted by molar-refractivity contribution is 7.13. The largest absolute Gasteiger partial charge is 0.340 e. The summed E-state index contributed by atoms with van der Waals surface area (Å²) in [4.78, 5) is 16.6. The SMILES string of the molecule is CN1CCN(C(=O)C2CCCN(P)C2)CC1. The average Bonchev–Trinajstić information content (AvgIpc) is 2.29. The number of likely N-dealkylation sites (N-methyl/N-ethyl adjacent to an activating group) is 1. The van der Waals surface area contributed by atoms with Crippen molar-refractivity contribution in [3.8, 4) is 0 Å². The molecule has 2 unspecified atom stereocenters. The van der Waals surface area contributed by atoms with Gasteiger partial charge in [0.25, 0.3) is 0 Å². The summed E-state index contributed by atoms with van der Waals surface area (Å²) in [5.41, 5.74) is 0. The van der Waals surface area contributed by atoms with Gasteiger partial charge in [0, 0.05) is 39.3 Å². The van der Waals surface area contributed by atoms with Crippen molar-refractivity contribution in [2.24, 2.45) is 5.92 Å². The third-order valence-electron chi connectivity index (χ3n) is 3.62. The van der Waals surface area contributed by atoms with Crippen LogP contribution in [0.2, 0.25) is 0 Å². The zero-order valence-electron chi connectivity index (χ0n) is 10.1. The van der Waals surface area contributed by atoms with Gasteiger partial charge in [-0.1, -0.05) is 9.39 Å². The highest BCUT2D eigenvalue weighted by Crippen LogP contribution is 2.21. The zero-order valence-corrected chi connectivity index (χ0v) is 11.2. The van der Waals surface area contributed by atoms with Crippen molar-refractivity contribution >= 4 is 15.3 Å². The van der Waals surface area contributed by atoms with E-state index in [2.05, 4.69) is 30.9 Å². The first-order chi connectivity index (χ1) is 7.66. The number of hydrogen-bond acceptors (Lipinski definition) is 3. The monoisotopic (exact) mass is 243 g/mol. The molecule has 0 saturated carbocycles. The van der Waals surface area contributed by atoms with Crippen LogP contribution in [0.25, 0.3) is 0 Å². The van der Waals surface area contributed by atoms with Gasteiger partial charge >= 0.3 is 0 Å². The van der Waals surface area contributed by atoms with Crippen LogP contribution in [0.5, 0.6) is 0 Å². The molecule has 1 amide bonds. The minimum absolute atomic E-state index is 0.231. The fourth-order valence-electron chi connectivity index (χ4n) is 2.49. The molecular weight excluding hydrogens is 221 g/mol. The van der Waals surface area contributed by atoms with Gasteiger partial charge < -0.3 is 9.80 Å². The lowest BCUT2D eigenvalue weighted by Crippen LogP contribution is -2.50. The van der Waals surface area contributed by atoms with Crippen molar-refractivity contribution in [2.75, 3.05) is 46.3 Å². The van der Waals surface area contributed by atoms with E-state index in [-0.39, 0.29) is 5.92 Å². The van der Waals surface area contributed by atoms with Gasteiger partial charge in [-0.2, -0.15) is 0 Å². The van der Waals surface area contributed by atoms with Crippen LogP contribution in [0.15, 0.2) is 0 Å². The van der Waals surface area contributed by atoms with E-state index < -0.39 is 0 Å². The summed E-state index contributed by atoms with van der Waals surface area (Å²) >= 11 is 0. The summed E-state index contributed by atoms with van der Waals surface area (Å²) in [7, 11) is 4.84. The fourth-order valence-corrected chi connectivity index (χ4v) is 2.93. The van der Waals surface area contributed by atoms with Crippen LogP contribution in [0.1, 0.15) is 12.8 Å². The van der Waals surface area contributed by atoms with E-state index in [1.165, 1.54) is 0 Å². The van der Waals surface area contributed by atoms with Crippen LogP contribution < -0.4 is 0 Å². The molecule has 2 aliphatic heterocycles. The van der Waals surface area contributed by atoms with E-state index in [0.29, 0.717) is 5.91 Å². The molecular formula is C11H22N3OP. The van der Waals surface area contributed by atoms with Gasteiger partial charge in [0.15, 0.2) is 0 Å². The maximum Gasteiger partial charge on any atom is 0.227 e. The molecule has 0 aliphatic carbocycles. The lowest BCUT2D eigenvalue weighted by Gasteiger charge is -2.37. The summed E-state index contributed by atoms with van der Waals surface area (Å²) in [6, 6.07) is 0. The average molecular weight is 243 g/mol. The molecule has 0 aromatic rings. The highest BCUT2D eigenvalue weighted by Gasteiger charge is 2.29. The molecule has 0 bridgehead atoms. The van der Waals surface area contributed by atoms with Crippen molar-refractivity contribution in [3.63, 3.8) is 0 Å². The van der Waals surface area contributed by atoms with Crippen LogP contribution in [0.3, 0.4) is 0 Å². The molecule has 0 aromatic carbocycles. The van der Waals surface area contributed by atoms with E-state index in [0.717, 1.165) is 52.1 Å². The Kier molecular flexibility index (Phi) is 4.17. The smallest absolute Gasteiger partial charge is 0.227 e. The van der Waals surface area contributed by atoms with Crippen molar-refractivity contribution in [1.29, 1.82) is 0 Å². The number of hydrogen-bond donors (Lipinski definition) is 0. The maximum absolute atomic E-state index is 12.3. The van der Waals surface area contributed by atoms with Crippen LogP contribution in [0.4, 0.5) is 0 Å². The van der Waals surface area contributed by atoms with Crippen LogP contribution >= 0.6 is 9.39 Å². The Bertz CT molecular complexity index is 254. The quantitative estimate of drug-likeness (QED) is 0.618. The Morgan fingerprint density at radius 2 is 1.88 bits per heavy atom. The van der Waals surface area contributed by atoms with Gasteiger partial charge in [-0.05, 0) is 19.9 Å². The number of carbonyl (C=O) groups excluding carboxylic acids is 1. The predicted molar refractivity (Wildman–Crippen MR) is 68.1 cm³/mol. The third kappa shape index (κ3) is 2.93. The first-order valence-corrected chi connectivity index (χ1v) is 6.65.